The Kier molecular flexibility index (Phi) is 2.21. The van der Waals surface area contributed by atoms with Gasteiger partial charge >= 0.3 is 0 Å². The molecule has 0 atom stereocenters. The Morgan fingerprint density at radius 3 is 2.47 bits per heavy atom. The van der Waals surface area contributed by atoms with Crippen molar-refractivity contribution in [3.63, 3.8) is 0 Å². The molecule has 4 N–H and O–H groups in total. The van der Waals surface area contributed by atoms with Crippen molar-refractivity contribution in [2.75, 3.05) is 11.5 Å². The van der Waals surface area contributed by atoms with E-state index in [0.29, 0.717) is 11.5 Å². The average Bonchev–Trinajstić information content (AvgIpc) is 2.20. The standard InChI is InChI=1S/C10H11N5/c1-6-4-2-3-5-7(6)8-9(11)13-10(12)15-14-8/h2-5H,1H3,(H4,11,12,13,15). The maximum Gasteiger partial charge on any atom is 0.242 e. The van der Waals surface area contributed by atoms with E-state index in [1.165, 1.54) is 0 Å². The van der Waals surface area contributed by atoms with Crippen LogP contribution in [0.1, 0.15) is 5.56 Å². The number of nitrogens with two attached hydrogens (primary N) is 2. The molecule has 0 spiro atoms. The van der Waals surface area contributed by atoms with E-state index in [2.05, 4.69) is 15.2 Å². The maximum atomic E-state index is 5.73. The highest BCUT2D eigenvalue weighted by Gasteiger charge is 2.08. The summed E-state index contributed by atoms with van der Waals surface area (Å²) in [4.78, 5) is 3.87. The monoisotopic (exact) mass is 201 g/mol. The van der Waals surface area contributed by atoms with Crippen LogP contribution >= 0.6 is 0 Å². The van der Waals surface area contributed by atoms with Gasteiger partial charge in [-0.3, -0.25) is 0 Å². The number of anilines is 2. The van der Waals surface area contributed by atoms with E-state index < -0.39 is 0 Å². The molecule has 0 saturated heterocycles. The summed E-state index contributed by atoms with van der Waals surface area (Å²) in [6.45, 7) is 1.98. The van der Waals surface area contributed by atoms with Crippen molar-refractivity contribution in [2.24, 2.45) is 0 Å². The molecule has 0 saturated carbocycles. The second-order valence-electron chi connectivity index (χ2n) is 3.22. The van der Waals surface area contributed by atoms with E-state index in [4.69, 9.17) is 11.5 Å². The van der Waals surface area contributed by atoms with Gasteiger partial charge in [-0.05, 0) is 12.5 Å². The fourth-order valence-electron chi connectivity index (χ4n) is 1.38. The van der Waals surface area contributed by atoms with Crippen molar-refractivity contribution in [1.82, 2.24) is 15.2 Å². The van der Waals surface area contributed by atoms with Crippen LogP contribution in [0.5, 0.6) is 0 Å². The van der Waals surface area contributed by atoms with Crippen LogP contribution < -0.4 is 11.5 Å². The maximum absolute atomic E-state index is 5.73. The van der Waals surface area contributed by atoms with Crippen LogP contribution in [0.3, 0.4) is 0 Å². The first-order valence-corrected chi connectivity index (χ1v) is 4.50. The molecule has 2 aromatic rings. The summed E-state index contributed by atoms with van der Waals surface area (Å²) in [5, 5.41) is 7.64. The fraction of sp³-hybridized carbons (Fsp3) is 0.100. The molecule has 0 aliphatic carbocycles. The third-order valence-electron chi connectivity index (χ3n) is 2.13. The molecule has 1 heterocycles. The lowest BCUT2D eigenvalue weighted by atomic mass is 10.1. The van der Waals surface area contributed by atoms with E-state index >= 15 is 0 Å². The molecule has 15 heavy (non-hydrogen) atoms. The van der Waals surface area contributed by atoms with Crippen LogP contribution in [-0.2, 0) is 0 Å². The summed E-state index contributed by atoms with van der Waals surface area (Å²) in [6, 6.07) is 7.77. The van der Waals surface area contributed by atoms with Gasteiger partial charge in [-0.15, -0.1) is 10.2 Å². The first kappa shape index (κ1) is 9.39. The topological polar surface area (TPSA) is 90.7 Å². The molecule has 1 aromatic heterocycles. The molecule has 76 valence electrons. The highest BCUT2D eigenvalue weighted by molar-refractivity contribution is 5.72. The Bertz CT molecular complexity index is 495. The number of rotatable bonds is 1. The van der Waals surface area contributed by atoms with Crippen LogP contribution in [-0.4, -0.2) is 15.2 Å². The number of aromatic nitrogens is 3. The Balaban J connectivity index is 2.60. The molecule has 2 rings (SSSR count). The fourth-order valence-corrected chi connectivity index (χ4v) is 1.38. The molecular formula is C10H11N5. The second kappa shape index (κ2) is 3.53. The van der Waals surface area contributed by atoms with Crippen molar-refractivity contribution in [3.8, 4) is 11.3 Å². The van der Waals surface area contributed by atoms with Gasteiger partial charge in [-0.1, -0.05) is 24.3 Å². The molecule has 0 aliphatic rings. The smallest absolute Gasteiger partial charge is 0.242 e. The minimum absolute atomic E-state index is 0.0878. The molecule has 0 amide bonds. The quantitative estimate of drug-likeness (QED) is 0.718. The summed E-state index contributed by atoms with van der Waals surface area (Å²) in [6.07, 6.45) is 0. The number of hydrogen-bond donors (Lipinski definition) is 2. The van der Waals surface area contributed by atoms with Crippen LogP contribution in [0.25, 0.3) is 11.3 Å². The average molecular weight is 201 g/mol. The van der Waals surface area contributed by atoms with Gasteiger partial charge in [0, 0.05) is 5.56 Å². The molecule has 0 unspecified atom stereocenters. The second-order valence-corrected chi connectivity index (χ2v) is 3.22. The first-order valence-electron chi connectivity index (χ1n) is 4.50. The molecule has 0 fully saturated rings. The normalized spacial score (nSPS) is 10.2. The highest BCUT2D eigenvalue weighted by Crippen LogP contribution is 2.24. The van der Waals surface area contributed by atoms with Crippen LogP contribution in [0.2, 0.25) is 0 Å². The zero-order valence-corrected chi connectivity index (χ0v) is 8.31. The first-order chi connectivity index (χ1) is 7.18. The lowest BCUT2D eigenvalue weighted by Gasteiger charge is -2.05. The SMILES string of the molecule is Cc1ccccc1-c1nnc(N)nc1N. The van der Waals surface area contributed by atoms with E-state index in [0.717, 1.165) is 11.1 Å². The number of aryl methyl sites for hydroxylation is 1. The van der Waals surface area contributed by atoms with Crippen LogP contribution in [0, 0.1) is 6.92 Å². The van der Waals surface area contributed by atoms with Gasteiger partial charge in [0.25, 0.3) is 0 Å². The van der Waals surface area contributed by atoms with Gasteiger partial charge in [-0.2, -0.15) is 4.98 Å². The van der Waals surface area contributed by atoms with Crippen molar-refractivity contribution in [3.05, 3.63) is 29.8 Å². The van der Waals surface area contributed by atoms with Crippen LogP contribution in [0.15, 0.2) is 24.3 Å². The van der Waals surface area contributed by atoms with E-state index in [1.807, 2.05) is 31.2 Å². The van der Waals surface area contributed by atoms with Gasteiger partial charge in [0.05, 0.1) is 0 Å². The Hall–Kier alpha value is -2.17. The van der Waals surface area contributed by atoms with E-state index in [-0.39, 0.29) is 5.95 Å². The van der Waals surface area contributed by atoms with Gasteiger partial charge < -0.3 is 11.5 Å². The van der Waals surface area contributed by atoms with Crippen molar-refractivity contribution in [2.45, 2.75) is 6.92 Å². The van der Waals surface area contributed by atoms with Gasteiger partial charge in [-0.25, -0.2) is 0 Å². The minimum Gasteiger partial charge on any atom is -0.382 e. The lowest BCUT2D eigenvalue weighted by molar-refractivity contribution is 0.998. The van der Waals surface area contributed by atoms with E-state index in [9.17, 15) is 0 Å². The minimum atomic E-state index is 0.0878. The van der Waals surface area contributed by atoms with Gasteiger partial charge in [0.15, 0.2) is 5.82 Å². The highest BCUT2D eigenvalue weighted by atomic mass is 15.2. The molecule has 0 radical (unpaired) electrons. The molecule has 5 heteroatoms. The molecule has 5 nitrogen and oxygen atoms in total. The third kappa shape index (κ3) is 1.71. The number of nitrogens with zero attached hydrogens (tertiary/aromatic N) is 3. The van der Waals surface area contributed by atoms with Crippen molar-refractivity contribution in [1.29, 1.82) is 0 Å². The van der Waals surface area contributed by atoms with Gasteiger partial charge in [0.1, 0.15) is 5.69 Å². The Labute approximate surface area is 87.2 Å². The molecule has 0 bridgehead atoms. The van der Waals surface area contributed by atoms with Crippen molar-refractivity contribution >= 4 is 11.8 Å². The molecular weight excluding hydrogens is 190 g/mol. The summed E-state index contributed by atoms with van der Waals surface area (Å²) >= 11 is 0. The molecule has 0 aliphatic heterocycles. The largest absolute Gasteiger partial charge is 0.382 e. The molecule has 1 aromatic carbocycles. The predicted molar refractivity (Wildman–Crippen MR) is 58.8 cm³/mol. The predicted octanol–water partition coefficient (Wildman–Crippen LogP) is 1.01. The zero-order valence-electron chi connectivity index (χ0n) is 8.31. The summed E-state index contributed by atoms with van der Waals surface area (Å²) in [5.41, 5.74) is 13.7. The Morgan fingerprint density at radius 2 is 1.80 bits per heavy atom. The number of nitrogen functional groups attached to an aromatic ring is 2. The summed E-state index contributed by atoms with van der Waals surface area (Å²) in [7, 11) is 0. The van der Waals surface area contributed by atoms with Gasteiger partial charge in [0.2, 0.25) is 5.95 Å². The summed E-state index contributed by atoms with van der Waals surface area (Å²) < 4.78 is 0. The van der Waals surface area contributed by atoms with Crippen molar-refractivity contribution < 1.29 is 0 Å². The Morgan fingerprint density at radius 1 is 1.07 bits per heavy atom. The number of hydrogen-bond acceptors (Lipinski definition) is 5. The summed E-state index contributed by atoms with van der Waals surface area (Å²) in [5.74, 6) is 0.390. The van der Waals surface area contributed by atoms with E-state index in [1.54, 1.807) is 0 Å². The van der Waals surface area contributed by atoms with Crippen LogP contribution in [0.4, 0.5) is 11.8 Å². The number of benzene rings is 1. The zero-order chi connectivity index (χ0) is 10.8. The third-order valence-corrected chi connectivity index (χ3v) is 2.13. The lowest BCUT2D eigenvalue weighted by Crippen LogP contribution is -2.04.